The van der Waals surface area contributed by atoms with Gasteiger partial charge in [-0.25, -0.2) is 0 Å². The van der Waals surface area contributed by atoms with E-state index in [2.05, 4.69) is 43.1 Å². The summed E-state index contributed by atoms with van der Waals surface area (Å²) in [5.41, 5.74) is 0.556. The summed E-state index contributed by atoms with van der Waals surface area (Å²) >= 11 is 0. The molecule has 0 radical (unpaired) electrons. The average Bonchev–Trinajstić information content (AvgIpc) is 2.87. The van der Waals surface area contributed by atoms with E-state index in [0.717, 1.165) is 12.0 Å². The predicted molar refractivity (Wildman–Crippen MR) is 73.3 cm³/mol. The minimum atomic E-state index is 0.556. The third kappa shape index (κ3) is 2.83. The molecule has 0 aromatic rings. The van der Waals surface area contributed by atoms with Crippen LogP contribution in [0.1, 0.15) is 26.7 Å². The summed E-state index contributed by atoms with van der Waals surface area (Å²) in [7, 11) is 4.44. The zero-order chi connectivity index (χ0) is 12.5. The smallest absolute Gasteiger partial charge is 0.0254 e. The first-order valence-corrected chi connectivity index (χ1v) is 7.16. The number of likely N-dealkylation sites (tertiary alicyclic amines) is 1. The van der Waals surface area contributed by atoms with E-state index in [-0.39, 0.29) is 0 Å². The van der Waals surface area contributed by atoms with Crippen molar-refractivity contribution in [3.8, 4) is 0 Å². The second-order valence-corrected chi connectivity index (χ2v) is 6.48. The van der Waals surface area contributed by atoms with E-state index in [0.29, 0.717) is 5.41 Å². The second kappa shape index (κ2) is 5.25. The fraction of sp³-hybridized carbons (Fsp3) is 1.00. The lowest BCUT2D eigenvalue weighted by atomic mass is 9.84. The van der Waals surface area contributed by atoms with Crippen molar-refractivity contribution in [2.75, 3.05) is 46.8 Å². The lowest BCUT2D eigenvalue weighted by molar-refractivity contribution is 0.173. The molecule has 3 heteroatoms. The van der Waals surface area contributed by atoms with Gasteiger partial charge in [0, 0.05) is 32.2 Å². The molecule has 0 amide bonds. The SMILES string of the molecule is CCC1(CN2CC(C)C(N(C)C)C2)CCNC1. The number of likely N-dealkylation sites (N-methyl/N-ethyl adjacent to an activating group) is 1. The van der Waals surface area contributed by atoms with E-state index < -0.39 is 0 Å². The van der Waals surface area contributed by atoms with Crippen LogP contribution in [0.25, 0.3) is 0 Å². The van der Waals surface area contributed by atoms with Crippen LogP contribution >= 0.6 is 0 Å². The zero-order valence-corrected chi connectivity index (χ0v) is 12.0. The number of nitrogens with one attached hydrogen (secondary N) is 1. The Morgan fingerprint density at radius 1 is 1.35 bits per heavy atom. The fourth-order valence-electron chi connectivity index (χ4n) is 3.67. The maximum atomic E-state index is 3.55. The molecule has 0 bridgehead atoms. The number of hydrogen-bond donors (Lipinski definition) is 1. The molecule has 2 rings (SSSR count). The Morgan fingerprint density at radius 2 is 2.12 bits per heavy atom. The van der Waals surface area contributed by atoms with E-state index >= 15 is 0 Å². The molecular weight excluding hydrogens is 210 g/mol. The first-order valence-electron chi connectivity index (χ1n) is 7.16. The summed E-state index contributed by atoms with van der Waals surface area (Å²) in [6.45, 7) is 11.0. The molecule has 0 saturated carbocycles. The van der Waals surface area contributed by atoms with E-state index in [1.807, 2.05) is 0 Å². The van der Waals surface area contributed by atoms with Crippen molar-refractivity contribution in [1.29, 1.82) is 0 Å². The van der Waals surface area contributed by atoms with Crippen molar-refractivity contribution in [2.24, 2.45) is 11.3 Å². The summed E-state index contributed by atoms with van der Waals surface area (Å²) < 4.78 is 0. The molecule has 0 spiro atoms. The van der Waals surface area contributed by atoms with Gasteiger partial charge >= 0.3 is 0 Å². The van der Waals surface area contributed by atoms with Crippen LogP contribution in [0.3, 0.4) is 0 Å². The van der Waals surface area contributed by atoms with Gasteiger partial charge in [-0.05, 0) is 44.8 Å². The van der Waals surface area contributed by atoms with Gasteiger partial charge in [-0.3, -0.25) is 0 Å². The first-order chi connectivity index (χ1) is 8.06. The molecule has 3 atom stereocenters. The van der Waals surface area contributed by atoms with Gasteiger partial charge < -0.3 is 15.1 Å². The van der Waals surface area contributed by atoms with Gasteiger partial charge in [-0.2, -0.15) is 0 Å². The topological polar surface area (TPSA) is 18.5 Å². The maximum Gasteiger partial charge on any atom is 0.0254 e. The van der Waals surface area contributed by atoms with Gasteiger partial charge in [-0.1, -0.05) is 13.8 Å². The molecular formula is C14H29N3. The predicted octanol–water partition coefficient (Wildman–Crippen LogP) is 1.26. The second-order valence-electron chi connectivity index (χ2n) is 6.48. The van der Waals surface area contributed by atoms with E-state index in [1.165, 1.54) is 45.6 Å². The van der Waals surface area contributed by atoms with Gasteiger partial charge in [0.1, 0.15) is 0 Å². The molecule has 2 aliphatic heterocycles. The van der Waals surface area contributed by atoms with Crippen LogP contribution in [0.5, 0.6) is 0 Å². The molecule has 0 aromatic heterocycles. The minimum absolute atomic E-state index is 0.556. The highest BCUT2D eigenvalue weighted by atomic mass is 15.2. The summed E-state index contributed by atoms with van der Waals surface area (Å²) in [6.07, 6.45) is 2.68. The largest absolute Gasteiger partial charge is 0.316 e. The highest BCUT2D eigenvalue weighted by Crippen LogP contribution is 2.32. The van der Waals surface area contributed by atoms with Gasteiger partial charge in [0.2, 0.25) is 0 Å². The van der Waals surface area contributed by atoms with Crippen molar-refractivity contribution in [3.63, 3.8) is 0 Å². The first kappa shape index (κ1) is 13.3. The highest BCUT2D eigenvalue weighted by Gasteiger charge is 2.38. The lowest BCUT2D eigenvalue weighted by Crippen LogP contribution is -2.39. The quantitative estimate of drug-likeness (QED) is 0.797. The molecule has 2 saturated heterocycles. The van der Waals surface area contributed by atoms with Crippen molar-refractivity contribution in [2.45, 2.75) is 32.7 Å². The lowest BCUT2D eigenvalue weighted by Gasteiger charge is -2.32. The van der Waals surface area contributed by atoms with Gasteiger partial charge in [0.15, 0.2) is 0 Å². The Labute approximate surface area is 107 Å². The number of rotatable bonds is 4. The Hall–Kier alpha value is -0.120. The van der Waals surface area contributed by atoms with Crippen LogP contribution in [0.15, 0.2) is 0 Å². The molecule has 0 aliphatic carbocycles. The average molecular weight is 239 g/mol. The van der Waals surface area contributed by atoms with Crippen LogP contribution in [-0.2, 0) is 0 Å². The monoisotopic (exact) mass is 239 g/mol. The Bertz CT molecular complexity index is 246. The summed E-state index contributed by atoms with van der Waals surface area (Å²) in [4.78, 5) is 5.10. The summed E-state index contributed by atoms with van der Waals surface area (Å²) in [5, 5.41) is 3.55. The van der Waals surface area contributed by atoms with Crippen molar-refractivity contribution < 1.29 is 0 Å². The molecule has 17 heavy (non-hydrogen) atoms. The van der Waals surface area contributed by atoms with E-state index in [1.54, 1.807) is 0 Å². The van der Waals surface area contributed by atoms with Crippen molar-refractivity contribution in [1.82, 2.24) is 15.1 Å². The Kier molecular flexibility index (Phi) is 4.11. The molecule has 2 heterocycles. The number of nitrogens with zero attached hydrogens (tertiary/aromatic N) is 2. The molecule has 3 nitrogen and oxygen atoms in total. The minimum Gasteiger partial charge on any atom is -0.316 e. The van der Waals surface area contributed by atoms with Crippen LogP contribution in [0, 0.1) is 11.3 Å². The van der Waals surface area contributed by atoms with Crippen LogP contribution in [0.2, 0.25) is 0 Å². The zero-order valence-electron chi connectivity index (χ0n) is 12.0. The van der Waals surface area contributed by atoms with Crippen LogP contribution < -0.4 is 5.32 Å². The van der Waals surface area contributed by atoms with Gasteiger partial charge in [0.25, 0.3) is 0 Å². The highest BCUT2D eigenvalue weighted by molar-refractivity contribution is 4.94. The fourth-order valence-corrected chi connectivity index (χ4v) is 3.67. The molecule has 0 aromatic carbocycles. The van der Waals surface area contributed by atoms with Gasteiger partial charge in [0.05, 0.1) is 0 Å². The molecule has 2 fully saturated rings. The van der Waals surface area contributed by atoms with Crippen molar-refractivity contribution in [3.05, 3.63) is 0 Å². The molecule has 2 aliphatic rings. The molecule has 1 N–H and O–H groups in total. The van der Waals surface area contributed by atoms with E-state index in [9.17, 15) is 0 Å². The Morgan fingerprint density at radius 3 is 2.59 bits per heavy atom. The maximum absolute atomic E-state index is 3.55. The standard InChI is InChI=1S/C14H29N3/c1-5-14(6-7-15-10-14)11-17-8-12(2)13(9-17)16(3)4/h12-13,15H,5-11H2,1-4H3. The summed E-state index contributed by atoms with van der Waals surface area (Å²) in [6, 6.07) is 0.748. The van der Waals surface area contributed by atoms with Crippen LogP contribution in [0.4, 0.5) is 0 Å². The van der Waals surface area contributed by atoms with Crippen molar-refractivity contribution >= 4 is 0 Å². The molecule has 3 unspecified atom stereocenters. The van der Waals surface area contributed by atoms with Gasteiger partial charge in [-0.15, -0.1) is 0 Å². The number of hydrogen-bond acceptors (Lipinski definition) is 3. The Balaban J connectivity index is 1.92. The van der Waals surface area contributed by atoms with Crippen LogP contribution in [-0.4, -0.2) is 62.7 Å². The third-order valence-electron chi connectivity index (χ3n) is 4.95. The normalized spacial score (nSPS) is 39.4. The summed E-state index contributed by atoms with van der Waals surface area (Å²) in [5.74, 6) is 0.813. The van der Waals surface area contributed by atoms with E-state index in [4.69, 9.17) is 0 Å². The molecule has 100 valence electrons. The third-order valence-corrected chi connectivity index (χ3v) is 4.95.